The summed E-state index contributed by atoms with van der Waals surface area (Å²) < 4.78 is 1.65. The minimum Gasteiger partial charge on any atom is -0.368 e. The molecule has 1 aliphatic rings. The second-order valence-corrected chi connectivity index (χ2v) is 7.10. The van der Waals surface area contributed by atoms with E-state index in [0.29, 0.717) is 11.1 Å². The maximum Gasteiger partial charge on any atom is 0.261 e. The van der Waals surface area contributed by atoms with Crippen molar-refractivity contribution >= 4 is 22.4 Å². The van der Waals surface area contributed by atoms with Gasteiger partial charge in [-0.15, -0.1) is 0 Å². The zero-order valence-corrected chi connectivity index (χ0v) is 15.9. The van der Waals surface area contributed by atoms with Crippen LogP contribution in [0.3, 0.4) is 0 Å². The van der Waals surface area contributed by atoms with Crippen LogP contribution in [0.25, 0.3) is 10.9 Å². The quantitative estimate of drug-likeness (QED) is 0.691. The molecule has 1 aliphatic heterocycles. The van der Waals surface area contributed by atoms with Gasteiger partial charge in [0.25, 0.3) is 5.56 Å². The first-order chi connectivity index (χ1) is 13.6. The number of aromatic nitrogens is 4. The fourth-order valence-electron chi connectivity index (χ4n) is 3.42. The highest BCUT2D eigenvalue weighted by Crippen LogP contribution is 2.22. The molecule has 0 radical (unpaired) electrons. The van der Waals surface area contributed by atoms with Crippen LogP contribution in [0.5, 0.6) is 0 Å². The molecule has 1 saturated heterocycles. The van der Waals surface area contributed by atoms with Gasteiger partial charge in [0, 0.05) is 37.9 Å². The first-order valence-corrected chi connectivity index (χ1v) is 9.30. The van der Waals surface area contributed by atoms with Crippen molar-refractivity contribution in [1.29, 1.82) is 5.26 Å². The van der Waals surface area contributed by atoms with Gasteiger partial charge in [-0.1, -0.05) is 0 Å². The Labute approximate surface area is 162 Å². The molecule has 2 aromatic heterocycles. The molecule has 0 N–H and O–H groups in total. The normalized spacial score (nSPS) is 14.5. The van der Waals surface area contributed by atoms with E-state index in [2.05, 4.69) is 24.8 Å². The Bertz CT molecular complexity index is 1090. The van der Waals surface area contributed by atoms with Gasteiger partial charge < -0.3 is 9.80 Å². The SMILES string of the molecule is CC(C)n1cnc2cc(N3CCN(c4cnc(C#N)cn4)CC3)ccc2c1=O. The van der Waals surface area contributed by atoms with Gasteiger partial charge in [0.15, 0.2) is 5.69 Å². The van der Waals surface area contributed by atoms with Crippen LogP contribution in [0.15, 0.2) is 41.7 Å². The molecule has 0 saturated carbocycles. The summed E-state index contributed by atoms with van der Waals surface area (Å²) in [4.78, 5) is 29.9. The minimum atomic E-state index is -0.00393. The van der Waals surface area contributed by atoms with E-state index >= 15 is 0 Å². The van der Waals surface area contributed by atoms with Gasteiger partial charge in [-0.25, -0.2) is 15.0 Å². The monoisotopic (exact) mass is 375 g/mol. The van der Waals surface area contributed by atoms with Crippen molar-refractivity contribution < 1.29 is 0 Å². The highest BCUT2D eigenvalue weighted by molar-refractivity contribution is 5.81. The fraction of sp³-hybridized carbons (Fsp3) is 0.350. The van der Waals surface area contributed by atoms with E-state index in [4.69, 9.17) is 5.26 Å². The highest BCUT2D eigenvalue weighted by atomic mass is 16.1. The van der Waals surface area contributed by atoms with Gasteiger partial charge in [0.2, 0.25) is 0 Å². The van der Waals surface area contributed by atoms with E-state index in [1.807, 2.05) is 38.1 Å². The van der Waals surface area contributed by atoms with Crippen molar-refractivity contribution in [3.8, 4) is 6.07 Å². The Kier molecular flexibility index (Phi) is 4.65. The van der Waals surface area contributed by atoms with Crippen molar-refractivity contribution in [2.45, 2.75) is 19.9 Å². The summed E-state index contributed by atoms with van der Waals surface area (Å²) in [5.74, 6) is 0.785. The maximum absolute atomic E-state index is 12.6. The molecule has 0 aliphatic carbocycles. The first kappa shape index (κ1) is 17.9. The molecule has 1 fully saturated rings. The van der Waals surface area contributed by atoms with Gasteiger partial charge in [-0.2, -0.15) is 5.26 Å². The van der Waals surface area contributed by atoms with Crippen LogP contribution in [0.1, 0.15) is 25.6 Å². The number of piperazine rings is 1. The van der Waals surface area contributed by atoms with Crippen LogP contribution in [-0.4, -0.2) is 45.7 Å². The van der Waals surface area contributed by atoms with Gasteiger partial charge >= 0.3 is 0 Å². The molecule has 0 amide bonds. The molecule has 0 unspecified atom stereocenters. The lowest BCUT2D eigenvalue weighted by Crippen LogP contribution is -2.46. The second kappa shape index (κ2) is 7.27. The third-order valence-corrected chi connectivity index (χ3v) is 5.05. The molecular formula is C20H21N7O. The van der Waals surface area contributed by atoms with Gasteiger partial charge in [0.05, 0.1) is 29.6 Å². The molecule has 0 spiro atoms. The summed E-state index contributed by atoms with van der Waals surface area (Å²) in [5, 5.41) is 9.48. The predicted octanol–water partition coefficient (Wildman–Crippen LogP) is 1.97. The second-order valence-electron chi connectivity index (χ2n) is 7.10. The van der Waals surface area contributed by atoms with Crippen molar-refractivity contribution in [2.24, 2.45) is 0 Å². The molecule has 3 heterocycles. The van der Waals surface area contributed by atoms with Gasteiger partial charge in [-0.3, -0.25) is 9.36 Å². The molecule has 8 heteroatoms. The largest absolute Gasteiger partial charge is 0.368 e. The summed E-state index contributed by atoms with van der Waals surface area (Å²) in [5.41, 5.74) is 2.10. The average molecular weight is 375 g/mol. The molecule has 0 bridgehead atoms. The molecule has 4 rings (SSSR count). The summed E-state index contributed by atoms with van der Waals surface area (Å²) in [6.45, 7) is 7.22. The number of rotatable bonds is 3. The van der Waals surface area contributed by atoms with Gasteiger partial charge in [-0.05, 0) is 32.0 Å². The highest BCUT2D eigenvalue weighted by Gasteiger charge is 2.19. The zero-order valence-electron chi connectivity index (χ0n) is 15.9. The number of hydrogen-bond donors (Lipinski definition) is 0. The van der Waals surface area contributed by atoms with Gasteiger partial charge in [0.1, 0.15) is 11.9 Å². The zero-order chi connectivity index (χ0) is 19.7. The van der Waals surface area contributed by atoms with E-state index in [-0.39, 0.29) is 11.6 Å². The van der Waals surface area contributed by atoms with E-state index in [1.54, 1.807) is 17.1 Å². The number of anilines is 2. The predicted molar refractivity (Wildman–Crippen MR) is 108 cm³/mol. The lowest BCUT2D eigenvalue weighted by atomic mass is 10.2. The van der Waals surface area contributed by atoms with Crippen LogP contribution in [0.2, 0.25) is 0 Å². The Hall–Kier alpha value is -3.47. The first-order valence-electron chi connectivity index (χ1n) is 9.30. The van der Waals surface area contributed by atoms with E-state index in [1.165, 1.54) is 6.20 Å². The Morgan fingerprint density at radius 1 is 1.04 bits per heavy atom. The van der Waals surface area contributed by atoms with Crippen LogP contribution in [-0.2, 0) is 0 Å². The Balaban J connectivity index is 1.51. The number of nitriles is 1. The summed E-state index contributed by atoms with van der Waals surface area (Å²) in [7, 11) is 0. The van der Waals surface area contributed by atoms with E-state index in [0.717, 1.165) is 43.2 Å². The molecule has 3 aromatic rings. The molecule has 0 atom stereocenters. The topological polar surface area (TPSA) is 90.9 Å². The lowest BCUT2D eigenvalue weighted by molar-refractivity contribution is 0.573. The lowest BCUT2D eigenvalue weighted by Gasteiger charge is -2.36. The van der Waals surface area contributed by atoms with Crippen LogP contribution >= 0.6 is 0 Å². The Morgan fingerprint density at radius 3 is 2.43 bits per heavy atom. The van der Waals surface area contributed by atoms with Crippen molar-refractivity contribution in [3.63, 3.8) is 0 Å². The van der Waals surface area contributed by atoms with E-state index in [9.17, 15) is 4.79 Å². The summed E-state index contributed by atoms with van der Waals surface area (Å²) in [6, 6.07) is 7.92. The van der Waals surface area contributed by atoms with E-state index < -0.39 is 0 Å². The molecular weight excluding hydrogens is 354 g/mol. The third kappa shape index (κ3) is 3.27. The standard InChI is InChI=1S/C20H21N7O/c1-14(2)27-13-24-18-9-16(3-4-17(18)20(27)28)25-5-7-26(8-6-25)19-12-22-15(10-21)11-23-19/h3-4,9,11-14H,5-8H2,1-2H3. The average Bonchev–Trinajstić information content (AvgIpc) is 2.73. The van der Waals surface area contributed by atoms with Crippen LogP contribution < -0.4 is 15.4 Å². The fourth-order valence-corrected chi connectivity index (χ4v) is 3.42. The third-order valence-electron chi connectivity index (χ3n) is 5.05. The van der Waals surface area contributed by atoms with Crippen molar-refractivity contribution in [1.82, 2.24) is 19.5 Å². The summed E-state index contributed by atoms with van der Waals surface area (Å²) >= 11 is 0. The maximum atomic E-state index is 12.6. The summed E-state index contributed by atoms with van der Waals surface area (Å²) in [6.07, 6.45) is 4.77. The number of nitrogens with zero attached hydrogens (tertiary/aromatic N) is 7. The molecule has 8 nitrogen and oxygen atoms in total. The van der Waals surface area contributed by atoms with Crippen LogP contribution in [0, 0.1) is 11.3 Å². The number of benzene rings is 1. The minimum absolute atomic E-state index is 0.00393. The van der Waals surface area contributed by atoms with Crippen molar-refractivity contribution in [2.75, 3.05) is 36.0 Å². The Morgan fingerprint density at radius 2 is 1.79 bits per heavy atom. The molecule has 28 heavy (non-hydrogen) atoms. The number of fused-ring (bicyclic) bond motifs is 1. The molecule has 1 aromatic carbocycles. The smallest absolute Gasteiger partial charge is 0.261 e. The number of hydrogen-bond acceptors (Lipinski definition) is 7. The van der Waals surface area contributed by atoms with Crippen molar-refractivity contribution in [3.05, 3.63) is 53.0 Å². The van der Waals surface area contributed by atoms with Crippen LogP contribution in [0.4, 0.5) is 11.5 Å². The molecule has 142 valence electrons.